The molecule has 4 rings (SSSR count). The van der Waals surface area contributed by atoms with Gasteiger partial charge in [-0.2, -0.15) is 0 Å². The van der Waals surface area contributed by atoms with E-state index in [1.165, 1.54) is 11.2 Å². The number of anilines is 1. The Morgan fingerprint density at radius 3 is 2.35 bits per heavy atom. The summed E-state index contributed by atoms with van der Waals surface area (Å²) in [6, 6.07) is 21.9. The highest BCUT2D eigenvalue weighted by Gasteiger charge is 2.28. The van der Waals surface area contributed by atoms with Gasteiger partial charge in [-0.05, 0) is 31.2 Å². The normalized spacial score (nSPS) is 10.6. The first-order chi connectivity index (χ1) is 15.1. The molecule has 0 aliphatic heterocycles. The third-order valence-electron chi connectivity index (χ3n) is 4.73. The van der Waals surface area contributed by atoms with Crippen LogP contribution < -0.4 is 5.32 Å². The van der Waals surface area contributed by atoms with Gasteiger partial charge >= 0.3 is 0 Å². The summed E-state index contributed by atoms with van der Waals surface area (Å²) in [5.41, 5.74) is 2.18. The summed E-state index contributed by atoms with van der Waals surface area (Å²) in [7, 11) is 0. The molecule has 2 heterocycles. The van der Waals surface area contributed by atoms with Crippen LogP contribution in [0.25, 0.3) is 11.3 Å². The van der Waals surface area contributed by atoms with Crippen LogP contribution in [0.1, 0.15) is 21.9 Å². The molecule has 2 aromatic carbocycles. The van der Waals surface area contributed by atoms with Crippen LogP contribution in [-0.2, 0) is 11.3 Å². The summed E-state index contributed by atoms with van der Waals surface area (Å²) in [6.07, 6.45) is 1.53. The topological polar surface area (TPSA) is 88.6 Å². The molecule has 1 N–H and O–H groups in total. The molecule has 0 spiro atoms. The van der Waals surface area contributed by atoms with E-state index in [4.69, 9.17) is 8.94 Å². The van der Waals surface area contributed by atoms with Crippen molar-refractivity contribution in [3.05, 3.63) is 96.1 Å². The Morgan fingerprint density at radius 2 is 1.68 bits per heavy atom. The van der Waals surface area contributed by atoms with Crippen molar-refractivity contribution in [3.63, 3.8) is 0 Å². The molecular formula is C24H21N3O4. The molecule has 0 fully saturated rings. The number of nitrogens with one attached hydrogen (secondary N) is 1. The number of aromatic nitrogens is 1. The zero-order valence-electron chi connectivity index (χ0n) is 16.9. The van der Waals surface area contributed by atoms with E-state index in [2.05, 4.69) is 10.5 Å². The lowest BCUT2D eigenvalue weighted by Crippen LogP contribution is -2.37. The van der Waals surface area contributed by atoms with Gasteiger partial charge in [-0.3, -0.25) is 9.59 Å². The fraction of sp³-hybridized carbons (Fsp3) is 0.125. The minimum Gasteiger partial charge on any atom is -0.467 e. The van der Waals surface area contributed by atoms with E-state index in [1.54, 1.807) is 31.2 Å². The Balaban J connectivity index is 1.62. The molecule has 2 aromatic heterocycles. The van der Waals surface area contributed by atoms with Crippen LogP contribution in [0.2, 0.25) is 0 Å². The van der Waals surface area contributed by atoms with Gasteiger partial charge in [0, 0.05) is 11.3 Å². The third kappa shape index (κ3) is 4.72. The summed E-state index contributed by atoms with van der Waals surface area (Å²) >= 11 is 0. The van der Waals surface area contributed by atoms with Crippen LogP contribution in [0.15, 0.2) is 88.0 Å². The van der Waals surface area contributed by atoms with E-state index in [1.807, 2.05) is 48.5 Å². The van der Waals surface area contributed by atoms with E-state index in [0.29, 0.717) is 28.5 Å². The highest BCUT2D eigenvalue weighted by Crippen LogP contribution is 2.27. The van der Waals surface area contributed by atoms with Crippen LogP contribution in [-0.4, -0.2) is 28.4 Å². The maximum atomic E-state index is 13.5. The zero-order chi connectivity index (χ0) is 21.6. The van der Waals surface area contributed by atoms with Crippen LogP contribution >= 0.6 is 0 Å². The number of hydrogen-bond acceptors (Lipinski definition) is 5. The summed E-state index contributed by atoms with van der Waals surface area (Å²) in [5, 5.41) is 6.90. The lowest BCUT2D eigenvalue weighted by molar-refractivity contribution is -0.117. The fourth-order valence-corrected chi connectivity index (χ4v) is 3.26. The Bertz CT molecular complexity index is 1150. The number of rotatable bonds is 7. The number of para-hydroxylation sites is 1. The van der Waals surface area contributed by atoms with Crippen molar-refractivity contribution < 1.29 is 18.5 Å². The number of carbonyl (C=O) groups is 2. The molecule has 0 bridgehead atoms. The molecular weight excluding hydrogens is 394 g/mol. The number of benzene rings is 2. The molecule has 7 nitrogen and oxygen atoms in total. The van der Waals surface area contributed by atoms with Crippen LogP contribution in [0.3, 0.4) is 0 Å². The molecule has 0 aliphatic carbocycles. The Kier molecular flexibility index (Phi) is 5.93. The van der Waals surface area contributed by atoms with Crippen molar-refractivity contribution >= 4 is 17.5 Å². The first-order valence-electron chi connectivity index (χ1n) is 9.80. The van der Waals surface area contributed by atoms with Gasteiger partial charge < -0.3 is 19.2 Å². The van der Waals surface area contributed by atoms with Gasteiger partial charge in [0.2, 0.25) is 5.91 Å². The number of furan rings is 1. The first kappa shape index (κ1) is 20.2. The van der Waals surface area contributed by atoms with Gasteiger partial charge in [0.25, 0.3) is 5.91 Å². The predicted octanol–water partition coefficient (Wildman–Crippen LogP) is 4.52. The molecule has 156 valence electrons. The quantitative estimate of drug-likeness (QED) is 0.479. The number of amides is 2. The summed E-state index contributed by atoms with van der Waals surface area (Å²) in [4.78, 5) is 27.6. The van der Waals surface area contributed by atoms with E-state index in [0.717, 1.165) is 5.56 Å². The molecule has 2 amide bonds. The molecule has 0 unspecified atom stereocenters. The lowest BCUT2D eigenvalue weighted by Gasteiger charge is -2.21. The molecule has 31 heavy (non-hydrogen) atoms. The van der Waals surface area contributed by atoms with Crippen molar-refractivity contribution in [2.45, 2.75) is 13.5 Å². The second-order valence-electron chi connectivity index (χ2n) is 6.98. The Labute approximate surface area is 179 Å². The van der Waals surface area contributed by atoms with Crippen molar-refractivity contribution in [1.82, 2.24) is 10.1 Å². The molecule has 7 heteroatoms. The molecule has 0 atom stereocenters. The maximum Gasteiger partial charge on any atom is 0.260 e. The van der Waals surface area contributed by atoms with E-state index in [-0.39, 0.29) is 24.9 Å². The van der Waals surface area contributed by atoms with E-state index < -0.39 is 0 Å². The van der Waals surface area contributed by atoms with Gasteiger partial charge in [0.05, 0.1) is 12.8 Å². The van der Waals surface area contributed by atoms with Crippen molar-refractivity contribution in [2.75, 3.05) is 11.9 Å². The van der Waals surface area contributed by atoms with Gasteiger partial charge in [-0.25, -0.2) is 0 Å². The first-order valence-corrected chi connectivity index (χ1v) is 9.80. The highest BCUT2D eigenvalue weighted by atomic mass is 16.5. The second-order valence-corrected chi connectivity index (χ2v) is 6.98. The number of nitrogens with zero attached hydrogens (tertiary/aromatic N) is 2. The number of aryl methyl sites for hydroxylation is 1. The molecule has 4 aromatic rings. The van der Waals surface area contributed by atoms with Gasteiger partial charge in [-0.1, -0.05) is 53.7 Å². The molecule has 0 radical (unpaired) electrons. The zero-order valence-corrected chi connectivity index (χ0v) is 16.9. The van der Waals surface area contributed by atoms with Crippen LogP contribution in [0.4, 0.5) is 5.69 Å². The summed E-state index contributed by atoms with van der Waals surface area (Å²) in [6.45, 7) is 1.65. The van der Waals surface area contributed by atoms with Crippen molar-refractivity contribution in [1.29, 1.82) is 0 Å². The average Bonchev–Trinajstić information content (AvgIpc) is 3.43. The summed E-state index contributed by atoms with van der Waals surface area (Å²) in [5.74, 6) is 0.270. The highest BCUT2D eigenvalue weighted by molar-refractivity contribution is 6.03. The summed E-state index contributed by atoms with van der Waals surface area (Å²) < 4.78 is 10.7. The Hall–Kier alpha value is -4.13. The van der Waals surface area contributed by atoms with E-state index in [9.17, 15) is 9.59 Å². The fourth-order valence-electron chi connectivity index (χ4n) is 3.26. The van der Waals surface area contributed by atoms with Gasteiger partial charge in [-0.15, -0.1) is 0 Å². The molecule has 0 saturated heterocycles. The second kappa shape index (κ2) is 9.13. The SMILES string of the molecule is Cc1onc(-c2ccccc2)c1C(=O)N(CC(=O)Nc1ccccc1)Cc1ccco1. The van der Waals surface area contributed by atoms with Crippen molar-refractivity contribution in [3.8, 4) is 11.3 Å². The minimum absolute atomic E-state index is 0.132. The minimum atomic E-state index is -0.364. The Morgan fingerprint density at radius 1 is 0.968 bits per heavy atom. The maximum absolute atomic E-state index is 13.5. The number of carbonyl (C=O) groups excluding carboxylic acids is 2. The average molecular weight is 415 g/mol. The van der Waals surface area contributed by atoms with Gasteiger partial charge in [0.15, 0.2) is 0 Å². The van der Waals surface area contributed by atoms with Crippen LogP contribution in [0, 0.1) is 6.92 Å². The molecule has 0 aliphatic rings. The predicted molar refractivity (Wildman–Crippen MR) is 115 cm³/mol. The van der Waals surface area contributed by atoms with Gasteiger partial charge in [0.1, 0.15) is 29.3 Å². The standard InChI is InChI=1S/C24H21N3O4/c1-17-22(23(26-31-17)18-9-4-2-5-10-18)24(29)27(15-20-13-8-14-30-20)16-21(28)25-19-11-6-3-7-12-19/h2-14H,15-16H2,1H3,(H,25,28). The monoisotopic (exact) mass is 415 g/mol. The number of hydrogen-bond donors (Lipinski definition) is 1. The largest absolute Gasteiger partial charge is 0.467 e. The van der Waals surface area contributed by atoms with Crippen LogP contribution in [0.5, 0.6) is 0 Å². The van der Waals surface area contributed by atoms with Crippen molar-refractivity contribution in [2.24, 2.45) is 0 Å². The smallest absolute Gasteiger partial charge is 0.260 e. The third-order valence-corrected chi connectivity index (χ3v) is 4.73. The molecule has 0 saturated carbocycles. The lowest BCUT2D eigenvalue weighted by atomic mass is 10.1. The van der Waals surface area contributed by atoms with E-state index >= 15 is 0 Å².